The van der Waals surface area contributed by atoms with E-state index in [0.29, 0.717) is 0 Å². The maximum Gasteiger partial charge on any atom is 0.460 e. The maximum atomic E-state index is 13.0. The van der Waals surface area contributed by atoms with Crippen LogP contribution in [0.15, 0.2) is 46.8 Å². The first-order chi connectivity index (χ1) is 14.6. The van der Waals surface area contributed by atoms with E-state index < -0.39 is 61.8 Å². The van der Waals surface area contributed by atoms with Gasteiger partial charge in [-0.05, 0) is 20.8 Å². The lowest BCUT2D eigenvalue weighted by molar-refractivity contribution is -0.169. The Morgan fingerprint density at radius 2 is 1.12 bits per heavy atom. The van der Waals surface area contributed by atoms with Crippen molar-refractivity contribution in [2.24, 2.45) is 15.8 Å². The molecule has 0 spiro atoms. The van der Waals surface area contributed by atoms with Gasteiger partial charge in [0.2, 0.25) is 0 Å². The molecule has 0 amide bonds. The van der Waals surface area contributed by atoms with Gasteiger partial charge in [-0.15, -0.1) is 0 Å². The number of carbonyl (C=O) groups is 4. The Bertz CT molecular complexity index is 748. The van der Waals surface area contributed by atoms with Crippen LogP contribution >= 0.6 is 0 Å². The molecule has 0 aliphatic rings. The molecule has 0 fully saturated rings. The van der Waals surface area contributed by atoms with Gasteiger partial charge in [0.05, 0.1) is 0 Å². The molecule has 32 heavy (non-hydrogen) atoms. The van der Waals surface area contributed by atoms with Gasteiger partial charge in [-0.1, -0.05) is 24.9 Å². The summed E-state index contributed by atoms with van der Waals surface area (Å²) in [4.78, 5) is 50.4. The zero-order chi connectivity index (χ0) is 25.1. The molecule has 13 heteroatoms. The van der Waals surface area contributed by atoms with E-state index in [1.54, 1.807) is 0 Å². The van der Waals surface area contributed by atoms with Gasteiger partial charge < -0.3 is 24.2 Å². The molecule has 0 aromatic carbocycles. The first-order valence-electron chi connectivity index (χ1n) is 8.77. The molecule has 11 nitrogen and oxygen atoms in total. The SMILES string of the molecule is C=C(C)C(=O)OCC(CON=NC(F)(F)C(=O)O)(COC(=O)C(=C)C)COC(=O)C(=C)C. The predicted molar refractivity (Wildman–Crippen MR) is 103 cm³/mol. The van der Waals surface area contributed by atoms with E-state index in [2.05, 4.69) is 35.0 Å². The summed E-state index contributed by atoms with van der Waals surface area (Å²) in [6.45, 7) is 11.7. The van der Waals surface area contributed by atoms with E-state index in [4.69, 9.17) is 19.3 Å². The van der Waals surface area contributed by atoms with Gasteiger partial charge in [-0.3, -0.25) is 0 Å². The lowest BCUT2D eigenvalue weighted by Gasteiger charge is -2.30. The Morgan fingerprint density at radius 1 is 0.781 bits per heavy atom. The van der Waals surface area contributed by atoms with Crippen molar-refractivity contribution in [2.45, 2.75) is 26.8 Å². The molecule has 0 rings (SSSR count). The molecule has 0 saturated carbocycles. The summed E-state index contributed by atoms with van der Waals surface area (Å²) in [5.74, 6) is -5.14. The van der Waals surface area contributed by atoms with Gasteiger partial charge in [0.15, 0.2) is 0 Å². The molecule has 0 atom stereocenters. The average Bonchev–Trinajstić information content (AvgIpc) is 2.70. The second-order valence-electron chi connectivity index (χ2n) is 6.87. The lowest BCUT2D eigenvalue weighted by atomic mass is 9.92. The Hall–Kier alpha value is -3.64. The first-order valence-corrected chi connectivity index (χ1v) is 8.77. The Labute approximate surface area is 182 Å². The molecular weight excluding hydrogens is 438 g/mol. The molecule has 0 aromatic rings. The van der Waals surface area contributed by atoms with Gasteiger partial charge in [0.1, 0.15) is 31.8 Å². The molecule has 0 heterocycles. The number of carbonyl (C=O) groups excluding carboxylic acids is 3. The number of carboxylic acid groups (broad SMARTS) is 1. The number of rotatable bonds is 14. The van der Waals surface area contributed by atoms with Crippen molar-refractivity contribution in [3.05, 3.63) is 36.5 Å². The first kappa shape index (κ1) is 28.4. The van der Waals surface area contributed by atoms with Crippen molar-refractivity contribution in [2.75, 3.05) is 26.4 Å². The fraction of sp³-hybridized carbons (Fsp3) is 0.474. The summed E-state index contributed by atoms with van der Waals surface area (Å²) >= 11 is 0. The van der Waals surface area contributed by atoms with Crippen LogP contribution in [0.4, 0.5) is 8.78 Å². The van der Waals surface area contributed by atoms with Crippen LogP contribution in [0.1, 0.15) is 20.8 Å². The largest absolute Gasteiger partial charge is 0.475 e. The molecule has 0 radical (unpaired) electrons. The highest BCUT2D eigenvalue weighted by molar-refractivity contribution is 5.88. The Balaban J connectivity index is 5.77. The van der Waals surface area contributed by atoms with Crippen LogP contribution in [0, 0.1) is 5.41 Å². The minimum absolute atomic E-state index is 0.0125. The van der Waals surface area contributed by atoms with Crippen LogP contribution in [0.2, 0.25) is 0 Å². The summed E-state index contributed by atoms with van der Waals surface area (Å²) < 4.78 is 41.1. The topological polar surface area (TPSA) is 150 Å². The highest BCUT2D eigenvalue weighted by Gasteiger charge is 2.41. The van der Waals surface area contributed by atoms with Crippen LogP contribution in [-0.2, 0) is 38.2 Å². The quantitative estimate of drug-likeness (QED) is 0.102. The molecule has 178 valence electrons. The Kier molecular flexibility index (Phi) is 10.9. The number of aliphatic carboxylic acids is 1. The average molecular weight is 462 g/mol. The zero-order valence-corrected chi connectivity index (χ0v) is 17.8. The van der Waals surface area contributed by atoms with E-state index in [-0.39, 0.29) is 16.7 Å². The second-order valence-corrected chi connectivity index (χ2v) is 6.87. The van der Waals surface area contributed by atoms with E-state index in [1.165, 1.54) is 20.8 Å². The number of hydrogen-bond donors (Lipinski definition) is 1. The third-order valence-corrected chi connectivity index (χ3v) is 3.43. The van der Waals surface area contributed by atoms with Crippen LogP contribution in [0.25, 0.3) is 0 Å². The number of carboxylic acids is 1. The Morgan fingerprint density at radius 3 is 1.41 bits per heavy atom. The highest BCUT2D eigenvalue weighted by atomic mass is 19.3. The highest BCUT2D eigenvalue weighted by Crippen LogP contribution is 2.23. The summed E-state index contributed by atoms with van der Waals surface area (Å²) in [5.41, 5.74) is -1.62. The van der Waals surface area contributed by atoms with Crippen molar-refractivity contribution in [1.82, 2.24) is 0 Å². The standard InChI is InChI=1S/C19H24F2N2O9/c1-11(2)14(24)29-7-18(8-30-15(25)12(3)4,9-31-16(26)13(5)6)10-32-23-22-19(20,21)17(27)28/h1,3,5,7-10H2,2,4,6H3,(H,27,28). The molecule has 0 aliphatic heterocycles. The third kappa shape index (κ3) is 9.91. The number of alkyl halides is 2. The molecule has 0 bridgehead atoms. The van der Waals surface area contributed by atoms with Crippen LogP contribution in [0.5, 0.6) is 0 Å². The molecule has 0 unspecified atom stereocenters. The van der Waals surface area contributed by atoms with Crippen LogP contribution < -0.4 is 0 Å². The fourth-order valence-electron chi connectivity index (χ4n) is 1.56. The van der Waals surface area contributed by atoms with E-state index >= 15 is 0 Å². The third-order valence-electron chi connectivity index (χ3n) is 3.43. The van der Waals surface area contributed by atoms with Crippen LogP contribution in [0.3, 0.4) is 0 Å². The second kappa shape index (κ2) is 12.3. The minimum atomic E-state index is -4.56. The van der Waals surface area contributed by atoms with Gasteiger partial charge in [0, 0.05) is 22.0 Å². The van der Waals surface area contributed by atoms with Crippen molar-refractivity contribution in [1.29, 1.82) is 0 Å². The smallest absolute Gasteiger partial charge is 0.460 e. The predicted octanol–water partition coefficient (Wildman–Crippen LogP) is 2.39. The number of halogens is 2. The van der Waals surface area contributed by atoms with Crippen molar-refractivity contribution in [3.63, 3.8) is 0 Å². The van der Waals surface area contributed by atoms with Gasteiger partial charge >= 0.3 is 29.9 Å². The number of esters is 3. The normalized spacial score (nSPS) is 11.4. The number of ether oxygens (including phenoxy) is 3. The van der Waals surface area contributed by atoms with Crippen molar-refractivity contribution in [3.8, 4) is 0 Å². The van der Waals surface area contributed by atoms with Gasteiger partial charge in [-0.2, -0.15) is 8.78 Å². The monoisotopic (exact) mass is 462 g/mol. The lowest BCUT2D eigenvalue weighted by Crippen LogP contribution is -2.43. The molecular formula is C19H24F2N2O9. The number of hydrogen-bond acceptors (Lipinski definition) is 10. The van der Waals surface area contributed by atoms with E-state index in [1.807, 2.05) is 0 Å². The summed E-state index contributed by atoms with van der Waals surface area (Å²) in [5, 5.41) is 13.2. The maximum absolute atomic E-state index is 13.0. The van der Waals surface area contributed by atoms with Crippen LogP contribution in [-0.4, -0.2) is 61.5 Å². The molecule has 0 saturated heterocycles. The fourth-order valence-corrected chi connectivity index (χ4v) is 1.56. The van der Waals surface area contributed by atoms with E-state index in [9.17, 15) is 28.0 Å². The van der Waals surface area contributed by atoms with E-state index in [0.717, 1.165) is 0 Å². The van der Waals surface area contributed by atoms with Crippen molar-refractivity contribution < 1.29 is 52.1 Å². The minimum Gasteiger partial charge on any atom is -0.475 e. The van der Waals surface area contributed by atoms with Crippen molar-refractivity contribution >= 4 is 23.9 Å². The van der Waals surface area contributed by atoms with Gasteiger partial charge in [0.25, 0.3) is 0 Å². The molecule has 0 aliphatic carbocycles. The number of nitrogens with zero attached hydrogens (tertiary/aromatic N) is 2. The zero-order valence-electron chi connectivity index (χ0n) is 17.8. The molecule has 0 aromatic heterocycles. The summed E-state index contributed by atoms with van der Waals surface area (Å²) in [6, 6.07) is -4.56. The molecule has 1 N–H and O–H groups in total. The summed E-state index contributed by atoms with van der Waals surface area (Å²) in [7, 11) is 0. The van der Waals surface area contributed by atoms with Gasteiger partial charge in [-0.25, -0.2) is 19.2 Å². The summed E-state index contributed by atoms with van der Waals surface area (Å²) in [6.07, 6.45) is 0.